The molecule has 3 aromatic carbocycles. The van der Waals surface area contributed by atoms with Gasteiger partial charge in [0.25, 0.3) is 0 Å². The number of phenolic OH excluding ortho intramolecular Hbond substituents is 2. The third-order valence-corrected chi connectivity index (χ3v) is 13.3. The zero-order valence-electron chi connectivity index (χ0n) is 46.3. The molecule has 1 aromatic heterocycles. The molecule has 21 N–H and O–H groups in total. The van der Waals surface area contributed by atoms with Crippen LogP contribution in [0.25, 0.3) is 0 Å². The molecule has 8 atom stereocenters. The third kappa shape index (κ3) is 24.2. The molecule has 1 heterocycles. The summed E-state index contributed by atoms with van der Waals surface area (Å²) in [6, 6.07) is 7.41. The van der Waals surface area contributed by atoms with Crippen molar-refractivity contribution in [2.24, 2.45) is 22.2 Å². The number of nitrogens with two attached hydrogens (primary N) is 3. The minimum absolute atomic E-state index is 0.0128. The van der Waals surface area contributed by atoms with E-state index in [2.05, 4.69) is 62.8 Å². The maximum absolute atomic E-state index is 14.3. The lowest BCUT2D eigenvalue weighted by Gasteiger charge is -2.27. The Kier molecular flexibility index (Phi) is 28.6. The first kappa shape index (κ1) is 68.2. The molecular weight excluding hydrogens is 1130 g/mol. The topological polar surface area (TPSA) is 499 Å². The molecule has 0 bridgehead atoms. The van der Waals surface area contributed by atoms with Crippen LogP contribution >= 0.6 is 11.8 Å². The second kappa shape index (κ2) is 35.6. The van der Waals surface area contributed by atoms with Crippen LogP contribution in [-0.4, -0.2) is 194 Å². The number of aliphatic carboxylic acids is 1. The van der Waals surface area contributed by atoms with Crippen molar-refractivity contribution >= 4 is 76.9 Å². The minimum atomic E-state index is -1.86. The maximum Gasteiger partial charge on any atom is 0.326 e. The smallest absolute Gasteiger partial charge is 0.326 e. The number of carbonyl (C=O) groups excluding carboxylic acids is 9. The summed E-state index contributed by atoms with van der Waals surface area (Å²) in [5, 5.41) is 72.3. The zero-order chi connectivity index (χ0) is 62.4. The van der Waals surface area contributed by atoms with E-state index in [0.29, 0.717) is 28.1 Å². The van der Waals surface area contributed by atoms with Gasteiger partial charge in [-0.1, -0.05) is 54.6 Å². The van der Waals surface area contributed by atoms with Gasteiger partial charge in [-0.3, -0.25) is 48.1 Å². The van der Waals surface area contributed by atoms with E-state index in [9.17, 15) is 73.5 Å². The van der Waals surface area contributed by atoms with Crippen molar-refractivity contribution in [2.75, 3.05) is 44.9 Å². The lowest BCUT2D eigenvalue weighted by molar-refractivity contribution is -0.142. The van der Waals surface area contributed by atoms with Gasteiger partial charge in [-0.15, -0.1) is 0 Å². The van der Waals surface area contributed by atoms with Gasteiger partial charge in [-0.05, 0) is 72.2 Å². The van der Waals surface area contributed by atoms with Crippen molar-refractivity contribution in [1.82, 2.24) is 57.8 Å². The van der Waals surface area contributed by atoms with E-state index in [4.69, 9.17) is 17.2 Å². The third-order valence-electron chi connectivity index (χ3n) is 12.6. The molecule has 0 radical (unpaired) electrons. The number of rotatable bonds is 36. The van der Waals surface area contributed by atoms with E-state index < -0.39 is 134 Å². The van der Waals surface area contributed by atoms with E-state index in [1.54, 1.807) is 36.6 Å². The fourth-order valence-corrected chi connectivity index (χ4v) is 8.59. The number of imidazole rings is 1. The van der Waals surface area contributed by atoms with Crippen LogP contribution in [0.2, 0.25) is 0 Å². The maximum atomic E-state index is 14.3. The van der Waals surface area contributed by atoms with E-state index in [1.807, 2.05) is 0 Å². The van der Waals surface area contributed by atoms with E-state index in [1.165, 1.54) is 72.8 Å². The molecule has 31 heteroatoms. The molecule has 460 valence electrons. The Morgan fingerprint density at radius 3 is 1.46 bits per heavy atom. The first-order chi connectivity index (χ1) is 40.6. The van der Waals surface area contributed by atoms with Gasteiger partial charge in [0.05, 0.1) is 32.6 Å². The molecule has 0 unspecified atom stereocenters. The highest BCUT2D eigenvalue weighted by Crippen LogP contribution is 2.15. The molecule has 0 fully saturated rings. The molecule has 0 aliphatic heterocycles. The number of amides is 9. The number of aromatic nitrogens is 2. The Morgan fingerprint density at radius 1 is 0.553 bits per heavy atom. The van der Waals surface area contributed by atoms with Gasteiger partial charge in [0, 0.05) is 44.1 Å². The lowest BCUT2D eigenvalue weighted by Crippen LogP contribution is -2.61. The van der Waals surface area contributed by atoms with Crippen molar-refractivity contribution in [3.63, 3.8) is 0 Å². The molecule has 4 rings (SSSR count). The fraction of sp³-hybridized carbons (Fsp3) is 0.407. The van der Waals surface area contributed by atoms with Crippen molar-refractivity contribution in [3.8, 4) is 11.5 Å². The SMILES string of the molecule is CSCC[C@H](NC(=O)CNC(=O)[C@H](Cc1ccc(O)cc1)NC(=O)[C@H](CO)NC(=O)[C@H](CO)NC(=O)[C@H](Cc1ccccc1)NC(=O)[C@H](CCCN=C(N)N)NC(=O)[C@H](Cc1ccc(O)cc1)NC(=O)CN)C(=O)N[C@@H](Cc1cnc[nH]1)C(=O)O. The van der Waals surface area contributed by atoms with Crippen LogP contribution in [0.15, 0.2) is 96.4 Å². The van der Waals surface area contributed by atoms with Gasteiger partial charge >= 0.3 is 5.97 Å². The standard InChI is InChI=1S/C54H73N15O15S/c1-85-19-17-37(48(78)67-41(53(83)84)23-33-25-58-29-61-33)62-45(75)26-60-46(76)38(21-31-9-13-34(72)14-10-31)65-51(81)42(27-70)69-52(82)43(28-71)68-50(80)40(20-30-6-3-2-4-7-30)66-47(77)36(8-5-18-59-54(56)57)64-49(79)39(63-44(74)24-55)22-32-11-15-35(73)16-12-32/h2-4,6-7,9-16,25,29,36-43,70-73H,5,8,17-24,26-28,55H2,1H3,(H,58,61)(H,60,76)(H,62,75)(H,63,74)(H,64,79)(H,65,81)(H,66,77)(H,67,78)(H,68,80)(H,69,82)(H,83,84)(H4,56,57,59)/t36-,37-,38-,39-,40-,41-,42-,43-/m0/s1. The number of aromatic hydroxyl groups is 2. The van der Waals surface area contributed by atoms with Gasteiger partial charge in [0.1, 0.15) is 59.8 Å². The number of nitrogens with zero attached hydrogens (tertiary/aromatic N) is 2. The van der Waals surface area contributed by atoms with Crippen LogP contribution in [-0.2, 0) is 73.6 Å². The number of benzene rings is 3. The number of carboxylic acids is 1. The Labute approximate surface area is 492 Å². The molecule has 0 saturated heterocycles. The summed E-state index contributed by atoms with van der Waals surface area (Å²) in [5.41, 5.74) is 18.4. The Bertz CT molecular complexity index is 2880. The first-order valence-electron chi connectivity index (χ1n) is 26.6. The quantitative estimate of drug-likeness (QED) is 0.0115. The fourth-order valence-electron chi connectivity index (χ4n) is 8.12. The number of carboxylic acid groups (broad SMARTS) is 1. The van der Waals surface area contributed by atoms with Crippen molar-refractivity contribution in [3.05, 3.63) is 114 Å². The normalized spacial score (nSPS) is 13.7. The number of aliphatic hydroxyl groups excluding tert-OH is 2. The van der Waals surface area contributed by atoms with Gasteiger partial charge in [-0.2, -0.15) is 11.8 Å². The number of thioether (sulfide) groups is 1. The number of nitrogens with one attached hydrogen (secondary N) is 10. The largest absolute Gasteiger partial charge is 0.508 e. The van der Waals surface area contributed by atoms with Crippen LogP contribution in [0.5, 0.6) is 11.5 Å². The molecule has 9 amide bonds. The Hall–Kier alpha value is -9.33. The van der Waals surface area contributed by atoms with Crippen molar-refractivity contribution in [1.29, 1.82) is 0 Å². The molecule has 0 aliphatic carbocycles. The summed E-state index contributed by atoms with van der Waals surface area (Å²) in [4.78, 5) is 145. The van der Waals surface area contributed by atoms with Crippen LogP contribution in [0, 0.1) is 0 Å². The number of guanidine groups is 1. The van der Waals surface area contributed by atoms with Gasteiger partial charge in [0.2, 0.25) is 53.2 Å². The lowest BCUT2D eigenvalue weighted by atomic mass is 10.0. The summed E-state index contributed by atoms with van der Waals surface area (Å²) in [6.07, 6.45) is 3.81. The van der Waals surface area contributed by atoms with Crippen LogP contribution in [0.4, 0.5) is 0 Å². The zero-order valence-corrected chi connectivity index (χ0v) is 47.1. The van der Waals surface area contributed by atoms with E-state index >= 15 is 0 Å². The number of phenols is 2. The van der Waals surface area contributed by atoms with Crippen LogP contribution in [0.3, 0.4) is 0 Å². The summed E-state index contributed by atoms with van der Waals surface area (Å²) >= 11 is 1.35. The van der Waals surface area contributed by atoms with Gasteiger partial charge < -0.3 is 95.6 Å². The number of carbonyl (C=O) groups is 10. The molecule has 30 nitrogen and oxygen atoms in total. The molecule has 0 spiro atoms. The number of aliphatic imine (C=N–C) groups is 1. The first-order valence-corrected chi connectivity index (χ1v) is 28.0. The monoisotopic (exact) mass is 1200 g/mol. The predicted octanol–water partition coefficient (Wildman–Crippen LogP) is -5.08. The summed E-state index contributed by atoms with van der Waals surface area (Å²) in [5.74, 6) is -9.93. The molecule has 0 aliphatic rings. The number of hydrogen-bond acceptors (Lipinski definition) is 18. The number of H-pyrrole nitrogens is 1. The number of aliphatic hydroxyl groups is 2. The molecule has 4 aromatic rings. The van der Waals surface area contributed by atoms with Crippen LogP contribution in [0.1, 0.15) is 41.6 Å². The highest BCUT2D eigenvalue weighted by atomic mass is 32.2. The van der Waals surface area contributed by atoms with Crippen LogP contribution < -0.4 is 65.1 Å². The second-order valence-corrected chi connectivity index (χ2v) is 20.2. The van der Waals surface area contributed by atoms with E-state index in [-0.39, 0.29) is 68.9 Å². The molecule has 85 heavy (non-hydrogen) atoms. The predicted molar refractivity (Wildman–Crippen MR) is 308 cm³/mol. The average molecular weight is 1200 g/mol. The average Bonchev–Trinajstić information content (AvgIpc) is 4.18. The second-order valence-electron chi connectivity index (χ2n) is 19.2. The molecule has 0 saturated carbocycles. The van der Waals surface area contributed by atoms with Gasteiger partial charge in [0.15, 0.2) is 5.96 Å². The number of hydrogen-bond donors (Lipinski definition) is 18. The van der Waals surface area contributed by atoms with Gasteiger partial charge in [-0.25, -0.2) is 9.78 Å². The summed E-state index contributed by atoms with van der Waals surface area (Å²) < 4.78 is 0. The van der Waals surface area contributed by atoms with Crippen molar-refractivity contribution < 1.29 is 73.5 Å². The Morgan fingerprint density at radius 2 is 0.988 bits per heavy atom. The highest BCUT2D eigenvalue weighted by molar-refractivity contribution is 7.98. The minimum Gasteiger partial charge on any atom is -0.508 e. The number of aromatic amines is 1. The van der Waals surface area contributed by atoms with E-state index in [0.717, 1.165) is 0 Å². The highest BCUT2D eigenvalue weighted by Gasteiger charge is 2.34. The van der Waals surface area contributed by atoms with Crippen molar-refractivity contribution in [2.45, 2.75) is 93.3 Å². The summed E-state index contributed by atoms with van der Waals surface area (Å²) in [6.45, 7) is -3.41. The molecular formula is C54H73N15O15S. The Balaban J connectivity index is 1.50. The summed E-state index contributed by atoms with van der Waals surface area (Å²) in [7, 11) is 0.